The molecule has 6 nitrogen and oxygen atoms in total. The van der Waals surface area contributed by atoms with E-state index < -0.39 is 18.0 Å². The van der Waals surface area contributed by atoms with Crippen molar-refractivity contribution in [1.82, 2.24) is 0 Å². The second-order valence-electron chi connectivity index (χ2n) is 5.08. The summed E-state index contributed by atoms with van der Waals surface area (Å²) in [5, 5.41) is 11.4. The van der Waals surface area contributed by atoms with Crippen LogP contribution in [0.1, 0.15) is 22.8 Å². The van der Waals surface area contributed by atoms with Crippen LogP contribution < -0.4 is 10.1 Å². The fourth-order valence-corrected chi connectivity index (χ4v) is 2.49. The van der Waals surface area contributed by atoms with Crippen molar-refractivity contribution < 1.29 is 19.1 Å². The van der Waals surface area contributed by atoms with Gasteiger partial charge in [-0.15, -0.1) is 0 Å². The highest BCUT2D eigenvalue weighted by Gasteiger charge is 2.19. The van der Waals surface area contributed by atoms with Crippen molar-refractivity contribution >= 4 is 33.5 Å². The maximum Gasteiger partial charge on any atom is 0.338 e. The number of ether oxygens (including phenoxy) is 2. The zero-order chi connectivity index (χ0) is 18.4. The summed E-state index contributed by atoms with van der Waals surface area (Å²) in [4.78, 5) is 24.3. The first-order valence-electron chi connectivity index (χ1n) is 7.30. The first-order chi connectivity index (χ1) is 11.9. The third kappa shape index (κ3) is 4.81. The Balaban J connectivity index is 1.98. The molecule has 0 aliphatic heterocycles. The van der Waals surface area contributed by atoms with Gasteiger partial charge in [0, 0.05) is 5.69 Å². The smallest absolute Gasteiger partial charge is 0.338 e. The Morgan fingerprint density at radius 3 is 2.44 bits per heavy atom. The molecule has 0 aliphatic carbocycles. The van der Waals surface area contributed by atoms with Gasteiger partial charge in [-0.3, -0.25) is 4.79 Å². The molecule has 0 bridgehead atoms. The fourth-order valence-electron chi connectivity index (χ4n) is 1.95. The maximum atomic E-state index is 12.1. The molecule has 0 radical (unpaired) electrons. The molecule has 25 heavy (non-hydrogen) atoms. The van der Waals surface area contributed by atoms with Gasteiger partial charge in [-0.1, -0.05) is 0 Å². The number of methoxy groups -OCH3 is 1. The van der Waals surface area contributed by atoms with E-state index in [9.17, 15) is 9.59 Å². The molecule has 2 rings (SSSR count). The number of halogens is 1. The summed E-state index contributed by atoms with van der Waals surface area (Å²) in [6.45, 7) is 1.48. The van der Waals surface area contributed by atoms with E-state index in [4.69, 9.17) is 14.7 Å². The molecule has 0 saturated carbocycles. The van der Waals surface area contributed by atoms with Gasteiger partial charge in [0.15, 0.2) is 6.10 Å². The number of carbonyl (C=O) groups is 2. The number of hydrogen-bond acceptors (Lipinski definition) is 5. The summed E-state index contributed by atoms with van der Waals surface area (Å²) in [7, 11) is 1.52. The van der Waals surface area contributed by atoms with Crippen molar-refractivity contribution in [3.05, 3.63) is 58.1 Å². The Hall–Kier alpha value is -2.85. The summed E-state index contributed by atoms with van der Waals surface area (Å²) in [6, 6.07) is 13.1. The van der Waals surface area contributed by atoms with Gasteiger partial charge in [-0.05, 0) is 65.3 Å². The zero-order valence-corrected chi connectivity index (χ0v) is 15.2. The molecule has 0 fully saturated rings. The van der Waals surface area contributed by atoms with E-state index >= 15 is 0 Å². The summed E-state index contributed by atoms with van der Waals surface area (Å²) in [6.07, 6.45) is -0.982. The number of hydrogen-bond donors (Lipinski definition) is 1. The molecule has 1 atom stereocenters. The standard InChI is InChI=1S/C18H15BrN2O4/c1-11(17(22)21-14-6-3-12(10-20)4-7-14)25-18(23)13-5-8-16(24-2)15(19)9-13/h3-9,11H,1-2H3,(H,21,22)/t11-/m1/s1. The molecular weight excluding hydrogens is 388 g/mol. The SMILES string of the molecule is COc1ccc(C(=O)O[C@H](C)C(=O)Nc2ccc(C#N)cc2)cc1Br. The zero-order valence-electron chi connectivity index (χ0n) is 13.6. The van der Waals surface area contributed by atoms with E-state index in [1.165, 1.54) is 14.0 Å². The topological polar surface area (TPSA) is 88.4 Å². The molecule has 1 N–H and O–H groups in total. The molecule has 2 aromatic carbocycles. The molecule has 0 aliphatic rings. The van der Waals surface area contributed by atoms with Gasteiger partial charge in [-0.2, -0.15) is 5.26 Å². The van der Waals surface area contributed by atoms with Crippen LogP contribution in [0.3, 0.4) is 0 Å². The monoisotopic (exact) mass is 402 g/mol. The van der Waals surface area contributed by atoms with Gasteiger partial charge in [0.25, 0.3) is 5.91 Å². The number of benzene rings is 2. The molecule has 0 unspecified atom stereocenters. The Morgan fingerprint density at radius 1 is 1.20 bits per heavy atom. The summed E-state index contributed by atoms with van der Waals surface area (Å²) in [5.74, 6) is -0.500. The lowest BCUT2D eigenvalue weighted by Crippen LogP contribution is -2.30. The van der Waals surface area contributed by atoms with Crippen molar-refractivity contribution in [3.63, 3.8) is 0 Å². The molecule has 128 valence electrons. The number of nitrogens with zero attached hydrogens (tertiary/aromatic N) is 1. The Bertz CT molecular complexity index is 828. The van der Waals surface area contributed by atoms with Gasteiger partial charge < -0.3 is 14.8 Å². The maximum absolute atomic E-state index is 12.1. The second-order valence-corrected chi connectivity index (χ2v) is 5.93. The highest BCUT2D eigenvalue weighted by Crippen LogP contribution is 2.26. The van der Waals surface area contributed by atoms with E-state index in [1.54, 1.807) is 42.5 Å². The van der Waals surface area contributed by atoms with Gasteiger partial charge in [0.1, 0.15) is 5.75 Å². The molecule has 0 aromatic heterocycles. The molecule has 2 aromatic rings. The molecular formula is C18H15BrN2O4. The van der Waals surface area contributed by atoms with Gasteiger partial charge in [-0.25, -0.2) is 4.79 Å². The van der Waals surface area contributed by atoms with Crippen molar-refractivity contribution in [2.45, 2.75) is 13.0 Å². The van der Waals surface area contributed by atoms with E-state index in [1.807, 2.05) is 6.07 Å². The van der Waals surface area contributed by atoms with Crippen molar-refractivity contribution in [2.24, 2.45) is 0 Å². The average Bonchev–Trinajstić information content (AvgIpc) is 2.62. The van der Waals surface area contributed by atoms with Crippen LogP contribution in [0.5, 0.6) is 5.75 Å². The van der Waals surface area contributed by atoms with Crippen LogP contribution in [-0.2, 0) is 9.53 Å². The van der Waals surface area contributed by atoms with Crippen LogP contribution in [0.15, 0.2) is 46.9 Å². The molecule has 7 heteroatoms. The number of rotatable bonds is 5. The number of anilines is 1. The minimum absolute atomic E-state index is 0.297. The summed E-state index contributed by atoms with van der Waals surface area (Å²) >= 11 is 3.29. The van der Waals surface area contributed by atoms with Crippen LogP contribution >= 0.6 is 15.9 Å². The van der Waals surface area contributed by atoms with Crippen LogP contribution in [0.2, 0.25) is 0 Å². The highest BCUT2D eigenvalue weighted by atomic mass is 79.9. The molecule has 0 heterocycles. The van der Waals surface area contributed by atoms with Gasteiger partial charge >= 0.3 is 5.97 Å². The molecule has 0 spiro atoms. The summed E-state index contributed by atoms with van der Waals surface area (Å²) < 4.78 is 10.9. The van der Waals surface area contributed by atoms with Gasteiger partial charge in [0.2, 0.25) is 0 Å². The van der Waals surface area contributed by atoms with Crippen molar-refractivity contribution in [3.8, 4) is 11.8 Å². The number of amides is 1. The third-order valence-electron chi connectivity index (χ3n) is 3.32. The Labute approximate surface area is 153 Å². The largest absolute Gasteiger partial charge is 0.496 e. The van der Waals surface area contributed by atoms with E-state index in [0.717, 1.165) is 0 Å². The average molecular weight is 403 g/mol. The van der Waals surface area contributed by atoms with E-state index in [0.29, 0.717) is 27.0 Å². The minimum atomic E-state index is -0.982. The predicted octanol–water partition coefficient (Wildman–Crippen LogP) is 3.51. The molecule has 1 amide bonds. The first kappa shape index (κ1) is 18.5. The minimum Gasteiger partial charge on any atom is -0.496 e. The quantitative estimate of drug-likeness (QED) is 0.772. The fraction of sp³-hybridized carbons (Fsp3) is 0.167. The van der Waals surface area contributed by atoms with E-state index in [2.05, 4.69) is 21.2 Å². The van der Waals surface area contributed by atoms with Crippen LogP contribution in [0.4, 0.5) is 5.69 Å². The highest BCUT2D eigenvalue weighted by molar-refractivity contribution is 9.10. The first-order valence-corrected chi connectivity index (χ1v) is 8.09. The Morgan fingerprint density at radius 2 is 1.88 bits per heavy atom. The van der Waals surface area contributed by atoms with Crippen LogP contribution in [0, 0.1) is 11.3 Å². The van der Waals surface area contributed by atoms with E-state index in [-0.39, 0.29) is 0 Å². The second kappa shape index (κ2) is 8.31. The number of esters is 1. The summed E-state index contributed by atoms with van der Waals surface area (Å²) in [5.41, 5.74) is 1.30. The van der Waals surface area contributed by atoms with Crippen LogP contribution in [-0.4, -0.2) is 25.1 Å². The van der Waals surface area contributed by atoms with Crippen molar-refractivity contribution in [1.29, 1.82) is 5.26 Å². The number of nitriles is 1. The van der Waals surface area contributed by atoms with Gasteiger partial charge in [0.05, 0.1) is 28.8 Å². The molecule has 0 saturated heterocycles. The lowest BCUT2D eigenvalue weighted by atomic mass is 10.2. The lowest BCUT2D eigenvalue weighted by Gasteiger charge is -2.14. The number of carbonyl (C=O) groups excluding carboxylic acids is 2. The van der Waals surface area contributed by atoms with Crippen molar-refractivity contribution in [2.75, 3.05) is 12.4 Å². The predicted molar refractivity (Wildman–Crippen MR) is 95.4 cm³/mol. The number of nitrogens with one attached hydrogen (secondary N) is 1. The lowest BCUT2D eigenvalue weighted by molar-refractivity contribution is -0.123. The third-order valence-corrected chi connectivity index (χ3v) is 3.94. The normalized spacial score (nSPS) is 11.1. The van der Waals surface area contributed by atoms with Crippen LogP contribution in [0.25, 0.3) is 0 Å². The Kier molecular flexibility index (Phi) is 6.14.